The Morgan fingerprint density at radius 3 is 2.81 bits per heavy atom. The number of fused-ring (bicyclic) bond motifs is 2. The maximum atomic E-state index is 10.7. The number of nitrogens with two attached hydrogens (primary N) is 1. The molecule has 3 aromatic heterocycles. The van der Waals surface area contributed by atoms with Gasteiger partial charge in [-0.25, -0.2) is 15.0 Å². The Bertz CT molecular complexity index is 1290. The molecule has 7 nitrogen and oxygen atoms in total. The Balaban J connectivity index is 1.85. The molecule has 1 aliphatic carbocycles. The van der Waals surface area contributed by atoms with E-state index in [4.69, 9.17) is 15.5 Å². The monoisotopic (exact) mass is 357 g/mol. The van der Waals surface area contributed by atoms with E-state index in [0.29, 0.717) is 28.0 Å². The van der Waals surface area contributed by atoms with E-state index in [-0.39, 0.29) is 5.88 Å². The van der Waals surface area contributed by atoms with Gasteiger partial charge in [-0.05, 0) is 12.2 Å². The molecule has 1 aliphatic rings. The van der Waals surface area contributed by atoms with Gasteiger partial charge in [-0.2, -0.15) is 0 Å². The maximum Gasteiger partial charge on any atom is 0.224 e. The molecule has 0 saturated carbocycles. The van der Waals surface area contributed by atoms with E-state index >= 15 is 0 Å². The molecule has 4 aromatic rings. The normalized spacial score (nSPS) is 13.0. The second kappa shape index (κ2) is 5.57. The molecule has 1 aromatic carbocycles. The minimum atomic E-state index is 0.0820. The highest BCUT2D eigenvalue weighted by molar-refractivity contribution is 6.12. The van der Waals surface area contributed by atoms with Gasteiger partial charge < -0.3 is 15.6 Å². The lowest BCUT2D eigenvalue weighted by Crippen LogP contribution is -1.96. The highest BCUT2D eigenvalue weighted by Gasteiger charge is 2.20. The van der Waals surface area contributed by atoms with Crippen LogP contribution in [-0.4, -0.2) is 31.7 Å². The number of benzene rings is 1. The van der Waals surface area contributed by atoms with Crippen LogP contribution in [0.4, 0.5) is 5.69 Å². The number of para-hydroxylation sites is 1. The van der Waals surface area contributed by atoms with Crippen molar-refractivity contribution in [3.05, 3.63) is 55.1 Å². The van der Waals surface area contributed by atoms with E-state index in [0.717, 1.165) is 22.2 Å². The van der Waals surface area contributed by atoms with Crippen molar-refractivity contribution in [1.82, 2.24) is 19.5 Å². The number of allylic oxidation sites excluding steroid dienone is 4. The Hall–Kier alpha value is -3.87. The van der Waals surface area contributed by atoms with Gasteiger partial charge in [0.25, 0.3) is 0 Å². The molecule has 5 rings (SSSR count). The fourth-order valence-corrected chi connectivity index (χ4v) is 3.39. The summed E-state index contributed by atoms with van der Waals surface area (Å²) in [6.07, 6.45) is 10.6. The van der Waals surface area contributed by atoms with E-state index in [2.05, 4.69) is 9.97 Å². The summed E-state index contributed by atoms with van der Waals surface area (Å²) in [7, 11) is 1.56. The summed E-state index contributed by atoms with van der Waals surface area (Å²) in [5.41, 5.74) is 10.6. The lowest BCUT2D eigenvalue weighted by molar-refractivity contribution is 0.398. The average molecular weight is 357 g/mol. The number of pyridine rings is 1. The molecule has 3 heterocycles. The van der Waals surface area contributed by atoms with E-state index in [1.807, 2.05) is 36.4 Å². The standard InChI is InChI=1S/C20H15N5O2/c1-27-19-14(8-22-10-23-19)12-6-3-7-13-17(21)16-15(24-18(12)13)9-25(20(16)26)11-4-2-5-11/h2-10,26H,21H2,1H3. The number of nitrogens with zero attached hydrogens (tertiary/aromatic N) is 4. The fraction of sp³-hybridized carbons (Fsp3) is 0.0500. The van der Waals surface area contributed by atoms with E-state index < -0.39 is 0 Å². The van der Waals surface area contributed by atoms with Crippen molar-refractivity contribution in [3.63, 3.8) is 0 Å². The summed E-state index contributed by atoms with van der Waals surface area (Å²) in [5.74, 6) is 0.543. The Morgan fingerprint density at radius 1 is 1.22 bits per heavy atom. The quantitative estimate of drug-likeness (QED) is 0.583. The second-order valence-corrected chi connectivity index (χ2v) is 6.21. The molecule has 0 bridgehead atoms. The van der Waals surface area contributed by atoms with Gasteiger partial charge in [0.15, 0.2) is 0 Å². The van der Waals surface area contributed by atoms with Gasteiger partial charge in [0.1, 0.15) is 6.33 Å². The third-order valence-electron chi connectivity index (χ3n) is 4.76. The average Bonchev–Trinajstić information content (AvgIpc) is 2.96. The van der Waals surface area contributed by atoms with Gasteiger partial charge in [-0.15, -0.1) is 0 Å². The Morgan fingerprint density at radius 2 is 2.07 bits per heavy atom. The van der Waals surface area contributed by atoms with Gasteiger partial charge in [0, 0.05) is 29.0 Å². The fourth-order valence-electron chi connectivity index (χ4n) is 3.39. The predicted molar refractivity (Wildman–Crippen MR) is 104 cm³/mol. The molecule has 0 amide bonds. The summed E-state index contributed by atoms with van der Waals surface area (Å²) >= 11 is 0. The van der Waals surface area contributed by atoms with E-state index in [9.17, 15) is 5.11 Å². The minimum absolute atomic E-state index is 0.0820. The molecule has 0 atom stereocenters. The summed E-state index contributed by atoms with van der Waals surface area (Å²) in [5, 5.41) is 11.9. The van der Waals surface area contributed by atoms with Crippen molar-refractivity contribution >= 4 is 33.2 Å². The van der Waals surface area contributed by atoms with Gasteiger partial charge in [-0.3, -0.25) is 4.57 Å². The number of hydrogen-bond acceptors (Lipinski definition) is 6. The minimum Gasteiger partial charge on any atom is -0.494 e. The molecule has 0 unspecified atom stereocenters. The molecule has 0 saturated heterocycles. The molecule has 27 heavy (non-hydrogen) atoms. The highest BCUT2D eigenvalue weighted by atomic mass is 16.5. The van der Waals surface area contributed by atoms with Crippen molar-refractivity contribution in [2.45, 2.75) is 0 Å². The lowest BCUT2D eigenvalue weighted by atomic mass is 10.0. The molecule has 3 N–H and O–H groups in total. The number of aromatic hydroxyl groups is 1. The first-order chi connectivity index (χ1) is 13.2. The van der Waals surface area contributed by atoms with Crippen LogP contribution in [0.5, 0.6) is 11.8 Å². The van der Waals surface area contributed by atoms with Crippen LogP contribution in [0.25, 0.3) is 38.6 Å². The van der Waals surface area contributed by atoms with E-state index in [1.54, 1.807) is 24.1 Å². The number of aromatic nitrogens is 4. The van der Waals surface area contributed by atoms with Crippen molar-refractivity contribution in [2.75, 3.05) is 12.8 Å². The van der Waals surface area contributed by atoms with Crippen LogP contribution in [-0.2, 0) is 0 Å². The third kappa shape index (κ3) is 2.11. The SMILES string of the molecule is COc1ncncc1-c1cccc2c(N)c3c(O)n(C4=CC=C4)cc3nc12. The Labute approximate surface area is 154 Å². The van der Waals surface area contributed by atoms with Crippen LogP contribution >= 0.6 is 0 Å². The lowest BCUT2D eigenvalue weighted by Gasteiger charge is -2.11. The first-order valence-corrected chi connectivity index (χ1v) is 8.34. The van der Waals surface area contributed by atoms with Gasteiger partial charge >= 0.3 is 0 Å². The summed E-state index contributed by atoms with van der Waals surface area (Å²) in [6, 6.07) is 5.70. The second-order valence-electron chi connectivity index (χ2n) is 6.21. The first-order valence-electron chi connectivity index (χ1n) is 8.34. The number of methoxy groups -OCH3 is 1. The van der Waals surface area contributed by atoms with Crippen molar-refractivity contribution < 1.29 is 9.84 Å². The summed E-state index contributed by atoms with van der Waals surface area (Å²) in [4.78, 5) is 13.1. The molecule has 0 spiro atoms. The zero-order chi connectivity index (χ0) is 18.5. The van der Waals surface area contributed by atoms with Crippen LogP contribution in [0.2, 0.25) is 0 Å². The molecular weight excluding hydrogens is 342 g/mol. The number of anilines is 1. The molecule has 0 fully saturated rings. The molecule has 0 aliphatic heterocycles. The van der Waals surface area contributed by atoms with Crippen LogP contribution < -0.4 is 10.5 Å². The zero-order valence-electron chi connectivity index (χ0n) is 14.4. The molecule has 7 heteroatoms. The highest BCUT2D eigenvalue weighted by Crippen LogP contribution is 2.41. The largest absolute Gasteiger partial charge is 0.494 e. The van der Waals surface area contributed by atoms with Crippen molar-refractivity contribution in [2.24, 2.45) is 0 Å². The van der Waals surface area contributed by atoms with Gasteiger partial charge in [-0.1, -0.05) is 24.3 Å². The summed E-state index contributed by atoms with van der Waals surface area (Å²) in [6.45, 7) is 0. The van der Waals surface area contributed by atoms with Crippen LogP contribution in [0.1, 0.15) is 0 Å². The Kier molecular flexibility index (Phi) is 3.17. The summed E-state index contributed by atoms with van der Waals surface area (Å²) < 4.78 is 7.05. The number of nitrogen functional groups attached to an aromatic ring is 1. The topological polar surface area (TPSA) is 99.1 Å². The number of rotatable bonds is 3. The third-order valence-corrected chi connectivity index (χ3v) is 4.76. The van der Waals surface area contributed by atoms with E-state index in [1.165, 1.54) is 6.33 Å². The predicted octanol–water partition coefficient (Wildman–Crippen LogP) is 3.35. The number of hydrogen-bond donors (Lipinski definition) is 2. The van der Waals surface area contributed by atoms with Crippen molar-refractivity contribution in [3.8, 4) is 22.9 Å². The van der Waals surface area contributed by atoms with Crippen LogP contribution in [0.15, 0.2) is 55.1 Å². The molecular formula is C20H15N5O2. The smallest absolute Gasteiger partial charge is 0.224 e. The number of ether oxygens (including phenoxy) is 1. The maximum absolute atomic E-state index is 10.7. The zero-order valence-corrected chi connectivity index (χ0v) is 14.4. The molecule has 0 radical (unpaired) electrons. The molecule has 132 valence electrons. The van der Waals surface area contributed by atoms with Crippen molar-refractivity contribution in [1.29, 1.82) is 0 Å². The van der Waals surface area contributed by atoms with Crippen LogP contribution in [0.3, 0.4) is 0 Å². The van der Waals surface area contributed by atoms with Crippen LogP contribution in [0, 0.1) is 0 Å². The van der Waals surface area contributed by atoms with Gasteiger partial charge in [0.2, 0.25) is 11.8 Å². The first kappa shape index (κ1) is 15.4. The van der Waals surface area contributed by atoms with Gasteiger partial charge in [0.05, 0.1) is 34.8 Å².